The van der Waals surface area contributed by atoms with E-state index in [1.165, 1.54) is 6.07 Å². The molecule has 0 spiro atoms. The van der Waals surface area contributed by atoms with Gasteiger partial charge < -0.3 is 14.6 Å². The molecule has 1 saturated heterocycles. The van der Waals surface area contributed by atoms with Crippen LogP contribution in [-0.2, 0) is 13.6 Å². The highest BCUT2D eigenvalue weighted by Crippen LogP contribution is 2.15. The zero-order valence-electron chi connectivity index (χ0n) is 12.6. The second-order valence-electron chi connectivity index (χ2n) is 5.57. The van der Waals surface area contributed by atoms with Crippen LogP contribution in [-0.4, -0.2) is 56.5 Å². The number of nitrogens with zero attached hydrogens (tertiary/aromatic N) is 4. The van der Waals surface area contributed by atoms with Crippen LogP contribution in [0.15, 0.2) is 36.7 Å². The minimum Gasteiger partial charge on any atom is -0.508 e. The summed E-state index contributed by atoms with van der Waals surface area (Å²) < 4.78 is 2.02. The van der Waals surface area contributed by atoms with Gasteiger partial charge in [0.15, 0.2) is 0 Å². The van der Waals surface area contributed by atoms with Crippen LogP contribution in [0.25, 0.3) is 0 Å². The Hall–Kier alpha value is -2.34. The fraction of sp³-hybridized carbons (Fsp3) is 0.375. The van der Waals surface area contributed by atoms with Crippen molar-refractivity contribution >= 4 is 5.91 Å². The van der Waals surface area contributed by atoms with E-state index in [0.29, 0.717) is 18.7 Å². The van der Waals surface area contributed by atoms with E-state index in [1.807, 2.05) is 22.7 Å². The number of imidazole rings is 1. The van der Waals surface area contributed by atoms with Gasteiger partial charge in [-0.15, -0.1) is 0 Å². The van der Waals surface area contributed by atoms with E-state index in [9.17, 15) is 9.90 Å². The standard InChI is InChI=1S/C16H20N4O2/c1-18-6-5-17-15(18)12-19-7-9-20(10-8-19)16(22)13-3-2-4-14(21)11-13/h2-6,11,21H,7-10,12H2,1H3. The van der Waals surface area contributed by atoms with Gasteiger partial charge in [0.25, 0.3) is 5.91 Å². The molecule has 1 aromatic heterocycles. The van der Waals surface area contributed by atoms with E-state index in [0.717, 1.165) is 25.5 Å². The molecular formula is C16H20N4O2. The molecule has 0 unspecified atom stereocenters. The van der Waals surface area contributed by atoms with Gasteiger partial charge in [-0.05, 0) is 18.2 Å². The van der Waals surface area contributed by atoms with E-state index < -0.39 is 0 Å². The normalized spacial score (nSPS) is 16.0. The van der Waals surface area contributed by atoms with Crippen molar-refractivity contribution in [1.82, 2.24) is 19.4 Å². The highest BCUT2D eigenvalue weighted by Gasteiger charge is 2.22. The minimum absolute atomic E-state index is 0.0208. The molecule has 6 heteroatoms. The summed E-state index contributed by atoms with van der Waals surface area (Å²) in [6.45, 7) is 3.85. The van der Waals surface area contributed by atoms with Gasteiger partial charge in [0.2, 0.25) is 0 Å². The lowest BCUT2D eigenvalue weighted by Gasteiger charge is -2.34. The van der Waals surface area contributed by atoms with Crippen molar-refractivity contribution in [2.24, 2.45) is 7.05 Å². The van der Waals surface area contributed by atoms with Gasteiger partial charge in [0.05, 0.1) is 6.54 Å². The Morgan fingerprint density at radius 2 is 2.05 bits per heavy atom. The molecule has 6 nitrogen and oxygen atoms in total. The van der Waals surface area contributed by atoms with Crippen LogP contribution in [0, 0.1) is 0 Å². The van der Waals surface area contributed by atoms with Gasteiger partial charge in [0, 0.05) is 51.2 Å². The van der Waals surface area contributed by atoms with Crippen molar-refractivity contribution in [3.05, 3.63) is 48.0 Å². The summed E-state index contributed by atoms with van der Waals surface area (Å²) in [5.41, 5.74) is 0.539. The summed E-state index contributed by atoms with van der Waals surface area (Å²) in [7, 11) is 1.99. The highest BCUT2D eigenvalue weighted by atomic mass is 16.3. The number of rotatable bonds is 3. The Bertz CT molecular complexity index is 660. The summed E-state index contributed by atoms with van der Waals surface area (Å²) in [5.74, 6) is 1.14. The number of phenols is 1. The van der Waals surface area contributed by atoms with Crippen LogP contribution in [0.2, 0.25) is 0 Å². The van der Waals surface area contributed by atoms with Gasteiger partial charge in [0.1, 0.15) is 11.6 Å². The molecule has 22 heavy (non-hydrogen) atoms. The van der Waals surface area contributed by atoms with E-state index in [-0.39, 0.29) is 11.7 Å². The fourth-order valence-electron chi connectivity index (χ4n) is 2.68. The minimum atomic E-state index is -0.0208. The van der Waals surface area contributed by atoms with Crippen LogP contribution in [0.4, 0.5) is 0 Å². The van der Waals surface area contributed by atoms with Gasteiger partial charge >= 0.3 is 0 Å². The predicted molar refractivity (Wildman–Crippen MR) is 82.5 cm³/mol. The first-order chi connectivity index (χ1) is 10.6. The number of carbonyl (C=O) groups excluding carboxylic acids is 1. The van der Waals surface area contributed by atoms with Crippen molar-refractivity contribution < 1.29 is 9.90 Å². The largest absolute Gasteiger partial charge is 0.508 e. The molecule has 2 aromatic rings. The van der Waals surface area contributed by atoms with Crippen molar-refractivity contribution in [1.29, 1.82) is 0 Å². The highest BCUT2D eigenvalue weighted by molar-refractivity contribution is 5.94. The number of aryl methyl sites for hydroxylation is 1. The molecular weight excluding hydrogens is 280 g/mol. The number of amides is 1. The summed E-state index contributed by atoms with van der Waals surface area (Å²) in [4.78, 5) is 20.9. The summed E-state index contributed by atoms with van der Waals surface area (Å²) >= 11 is 0. The van der Waals surface area contributed by atoms with Crippen LogP contribution >= 0.6 is 0 Å². The number of hydrogen-bond acceptors (Lipinski definition) is 4. The molecule has 1 fully saturated rings. The molecule has 1 aromatic carbocycles. The fourth-order valence-corrected chi connectivity index (χ4v) is 2.68. The molecule has 1 amide bonds. The summed E-state index contributed by atoms with van der Waals surface area (Å²) in [6.07, 6.45) is 3.74. The number of benzene rings is 1. The van der Waals surface area contributed by atoms with Crippen LogP contribution in [0.3, 0.4) is 0 Å². The molecule has 0 radical (unpaired) electrons. The maximum Gasteiger partial charge on any atom is 0.254 e. The Labute approximate surface area is 129 Å². The molecule has 1 aliphatic rings. The number of carbonyl (C=O) groups is 1. The molecule has 1 N–H and O–H groups in total. The van der Waals surface area contributed by atoms with Gasteiger partial charge in [-0.3, -0.25) is 9.69 Å². The average Bonchev–Trinajstić information content (AvgIpc) is 2.92. The predicted octanol–water partition coefficient (Wildman–Crippen LogP) is 1.08. The second kappa shape index (κ2) is 6.19. The maximum atomic E-state index is 12.4. The lowest BCUT2D eigenvalue weighted by molar-refractivity contribution is 0.0624. The molecule has 116 valence electrons. The summed E-state index contributed by atoms with van der Waals surface area (Å²) in [5, 5.41) is 9.48. The molecule has 0 saturated carbocycles. The first kappa shape index (κ1) is 14.6. The number of aromatic hydroxyl groups is 1. The van der Waals surface area contributed by atoms with Crippen molar-refractivity contribution in [3.8, 4) is 5.75 Å². The van der Waals surface area contributed by atoms with Gasteiger partial charge in [-0.25, -0.2) is 4.98 Å². The van der Waals surface area contributed by atoms with Gasteiger partial charge in [-0.2, -0.15) is 0 Å². The van der Waals surface area contributed by atoms with Crippen molar-refractivity contribution in [2.75, 3.05) is 26.2 Å². The third-order valence-electron chi connectivity index (χ3n) is 4.04. The number of hydrogen-bond donors (Lipinski definition) is 1. The monoisotopic (exact) mass is 300 g/mol. The Kier molecular flexibility index (Phi) is 4.11. The van der Waals surface area contributed by atoms with Crippen LogP contribution < -0.4 is 0 Å². The zero-order chi connectivity index (χ0) is 15.5. The number of aromatic nitrogens is 2. The lowest BCUT2D eigenvalue weighted by Crippen LogP contribution is -2.48. The van der Waals surface area contributed by atoms with Gasteiger partial charge in [-0.1, -0.05) is 6.07 Å². The van der Waals surface area contributed by atoms with Crippen molar-refractivity contribution in [2.45, 2.75) is 6.54 Å². The zero-order valence-corrected chi connectivity index (χ0v) is 12.6. The van der Waals surface area contributed by atoms with E-state index in [1.54, 1.807) is 24.4 Å². The second-order valence-corrected chi connectivity index (χ2v) is 5.57. The quantitative estimate of drug-likeness (QED) is 0.921. The number of phenolic OH excluding ortho intramolecular Hbond substituents is 1. The Morgan fingerprint density at radius 3 is 2.68 bits per heavy atom. The van der Waals surface area contributed by atoms with Crippen LogP contribution in [0.5, 0.6) is 5.75 Å². The van der Waals surface area contributed by atoms with E-state index >= 15 is 0 Å². The molecule has 0 bridgehead atoms. The lowest BCUT2D eigenvalue weighted by atomic mass is 10.1. The Morgan fingerprint density at radius 1 is 1.27 bits per heavy atom. The molecule has 3 rings (SSSR count). The molecule has 1 aliphatic heterocycles. The molecule has 2 heterocycles. The topological polar surface area (TPSA) is 61.6 Å². The summed E-state index contributed by atoms with van der Waals surface area (Å²) in [6, 6.07) is 6.52. The smallest absolute Gasteiger partial charge is 0.254 e. The number of piperazine rings is 1. The third-order valence-corrected chi connectivity index (χ3v) is 4.04. The van der Waals surface area contributed by atoms with E-state index in [2.05, 4.69) is 9.88 Å². The van der Waals surface area contributed by atoms with Crippen molar-refractivity contribution in [3.63, 3.8) is 0 Å². The first-order valence-corrected chi connectivity index (χ1v) is 7.40. The molecule has 0 aliphatic carbocycles. The van der Waals surface area contributed by atoms with Crippen LogP contribution in [0.1, 0.15) is 16.2 Å². The first-order valence-electron chi connectivity index (χ1n) is 7.40. The SMILES string of the molecule is Cn1ccnc1CN1CCN(C(=O)c2cccc(O)c2)CC1. The van der Waals surface area contributed by atoms with E-state index in [4.69, 9.17) is 0 Å². The average molecular weight is 300 g/mol. The molecule has 0 atom stereocenters. The maximum absolute atomic E-state index is 12.4. The Balaban J connectivity index is 1.57. The third kappa shape index (κ3) is 3.12.